The van der Waals surface area contributed by atoms with Gasteiger partial charge >= 0.3 is 5.97 Å². The Kier molecular flexibility index (Phi) is 4.03. The Morgan fingerprint density at radius 1 is 1.21 bits per heavy atom. The van der Waals surface area contributed by atoms with E-state index in [1.54, 1.807) is 24.8 Å². The van der Waals surface area contributed by atoms with Crippen molar-refractivity contribution in [2.75, 3.05) is 7.11 Å². The number of hydrogen-bond acceptors (Lipinski definition) is 4. The maximum atomic E-state index is 11.2. The first-order valence-corrected chi connectivity index (χ1v) is 5.83. The molecule has 0 atom stereocenters. The van der Waals surface area contributed by atoms with Gasteiger partial charge in [-0.3, -0.25) is 9.97 Å². The summed E-state index contributed by atoms with van der Waals surface area (Å²) in [6.07, 6.45) is 8.44. The SMILES string of the molecule is COC(=O)/C=C(\C)c1cncc(-c2cccnc2)c1. The van der Waals surface area contributed by atoms with Gasteiger partial charge in [0.1, 0.15) is 0 Å². The van der Waals surface area contributed by atoms with E-state index >= 15 is 0 Å². The summed E-state index contributed by atoms with van der Waals surface area (Å²) >= 11 is 0. The number of rotatable bonds is 3. The van der Waals surface area contributed by atoms with Gasteiger partial charge in [-0.05, 0) is 30.2 Å². The molecule has 0 amide bonds. The van der Waals surface area contributed by atoms with E-state index < -0.39 is 0 Å². The molecule has 4 nitrogen and oxygen atoms in total. The van der Waals surface area contributed by atoms with Gasteiger partial charge in [-0.1, -0.05) is 6.07 Å². The van der Waals surface area contributed by atoms with Gasteiger partial charge in [0.15, 0.2) is 0 Å². The standard InChI is InChI=1S/C15H14N2O2/c1-11(6-15(18)19-2)13-7-14(10-17-9-13)12-4-3-5-16-8-12/h3-10H,1-2H3/b11-6+. The van der Waals surface area contributed by atoms with Crippen molar-refractivity contribution in [1.82, 2.24) is 9.97 Å². The lowest BCUT2D eigenvalue weighted by Crippen LogP contribution is -1.96. The second-order valence-electron chi connectivity index (χ2n) is 4.05. The predicted octanol–water partition coefficient (Wildman–Crippen LogP) is 2.72. The minimum atomic E-state index is -0.371. The van der Waals surface area contributed by atoms with Crippen molar-refractivity contribution in [3.8, 4) is 11.1 Å². The number of hydrogen-bond donors (Lipinski definition) is 0. The number of pyridine rings is 2. The van der Waals surface area contributed by atoms with Crippen molar-refractivity contribution < 1.29 is 9.53 Å². The van der Waals surface area contributed by atoms with Gasteiger partial charge in [-0.2, -0.15) is 0 Å². The molecule has 0 saturated heterocycles. The molecule has 0 bridgehead atoms. The average molecular weight is 254 g/mol. The normalized spacial score (nSPS) is 11.2. The fourth-order valence-electron chi connectivity index (χ4n) is 1.67. The molecule has 0 aliphatic heterocycles. The summed E-state index contributed by atoms with van der Waals surface area (Å²) in [6.45, 7) is 1.85. The highest BCUT2D eigenvalue weighted by Crippen LogP contribution is 2.21. The summed E-state index contributed by atoms with van der Waals surface area (Å²) in [5.41, 5.74) is 3.64. The van der Waals surface area contributed by atoms with Crippen molar-refractivity contribution in [3.63, 3.8) is 0 Å². The Labute approximate surface area is 111 Å². The summed E-state index contributed by atoms with van der Waals surface area (Å²) in [5.74, 6) is -0.371. The fourth-order valence-corrected chi connectivity index (χ4v) is 1.67. The van der Waals surface area contributed by atoms with Crippen LogP contribution in [0.15, 0.2) is 49.1 Å². The molecule has 2 aromatic heterocycles. The van der Waals surface area contributed by atoms with E-state index in [9.17, 15) is 4.79 Å². The van der Waals surface area contributed by atoms with Crippen LogP contribution in [0.5, 0.6) is 0 Å². The van der Waals surface area contributed by atoms with Crippen molar-refractivity contribution in [2.24, 2.45) is 0 Å². The Hall–Kier alpha value is -2.49. The lowest BCUT2D eigenvalue weighted by atomic mass is 10.0. The molecule has 0 saturated carbocycles. The second kappa shape index (κ2) is 5.91. The number of allylic oxidation sites excluding steroid dienone is 1. The molecule has 0 spiro atoms. The van der Waals surface area contributed by atoms with Crippen LogP contribution in [0.25, 0.3) is 16.7 Å². The highest BCUT2D eigenvalue weighted by Gasteiger charge is 2.03. The largest absolute Gasteiger partial charge is 0.466 e. The van der Waals surface area contributed by atoms with Crippen molar-refractivity contribution in [1.29, 1.82) is 0 Å². The number of methoxy groups -OCH3 is 1. The topological polar surface area (TPSA) is 52.1 Å². The second-order valence-corrected chi connectivity index (χ2v) is 4.05. The molecule has 0 aromatic carbocycles. The molecule has 19 heavy (non-hydrogen) atoms. The minimum Gasteiger partial charge on any atom is -0.466 e. The number of carbonyl (C=O) groups is 1. The summed E-state index contributed by atoms with van der Waals surface area (Å²) < 4.78 is 4.61. The van der Waals surface area contributed by atoms with Crippen molar-refractivity contribution in [3.05, 3.63) is 54.6 Å². The molecular formula is C15H14N2O2. The van der Waals surface area contributed by atoms with Crippen LogP contribution >= 0.6 is 0 Å². The number of ether oxygens (including phenoxy) is 1. The van der Waals surface area contributed by atoms with Gasteiger partial charge in [-0.25, -0.2) is 4.79 Å². The Morgan fingerprint density at radius 2 is 2.00 bits per heavy atom. The highest BCUT2D eigenvalue weighted by atomic mass is 16.5. The van der Waals surface area contributed by atoms with E-state index in [4.69, 9.17) is 0 Å². The van der Waals surface area contributed by atoms with Gasteiger partial charge in [0.25, 0.3) is 0 Å². The number of nitrogens with zero attached hydrogens (tertiary/aromatic N) is 2. The van der Waals surface area contributed by atoms with Crippen molar-refractivity contribution in [2.45, 2.75) is 6.92 Å². The van der Waals surface area contributed by atoms with Gasteiger partial charge in [0.2, 0.25) is 0 Å². The molecule has 4 heteroatoms. The zero-order valence-electron chi connectivity index (χ0n) is 10.8. The predicted molar refractivity (Wildman–Crippen MR) is 73.1 cm³/mol. The lowest BCUT2D eigenvalue weighted by Gasteiger charge is -2.05. The summed E-state index contributed by atoms with van der Waals surface area (Å²) in [6, 6.07) is 5.81. The van der Waals surface area contributed by atoms with Crippen LogP contribution in [0.4, 0.5) is 0 Å². The smallest absolute Gasteiger partial charge is 0.330 e. The van der Waals surface area contributed by atoms with Gasteiger partial charge in [-0.15, -0.1) is 0 Å². The molecule has 96 valence electrons. The molecule has 0 aliphatic rings. The maximum Gasteiger partial charge on any atom is 0.330 e. The first kappa shape index (κ1) is 13.0. The maximum absolute atomic E-state index is 11.2. The quantitative estimate of drug-likeness (QED) is 0.624. The molecule has 0 N–H and O–H groups in total. The minimum absolute atomic E-state index is 0.371. The molecule has 2 rings (SSSR count). The third-order valence-electron chi connectivity index (χ3n) is 2.72. The zero-order valence-corrected chi connectivity index (χ0v) is 10.8. The van der Waals surface area contributed by atoms with Crippen LogP contribution in [0.1, 0.15) is 12.5 Å². The first-order valence-electron chi connectivity index (χ1n) is 5.83. The van der Waals surface area contributed by atoms with Crippen LogP contribution in [0, 0.1) is 0 Å². The fraction of sp³-hybridized carbons (Fsp3) is 0.133. The average Bonchev–Trinajstić information content (AvgIpc) is 2.48. The van der Waals surface area contributed by atoms with Crippen LogP contribution < -0.4 is 0 Å². The van der Waals surface area contributed by atoms with Crippen LogP contribution in [0.3, 0.4) is 0 Å². The Bertz CT molecular complexity index is 607. The lowest BCUT2D eigenvalue weighted by molar-refractivity contribution is -0.134. The van der Waals surface area contributed by atoms with Gasteiger partial charge < -0.3 is 4.74 Å². The molecule has 0 aliphatic carbocycles. The van der Waals surface area contributed by atoms with E-state index in [0.717, 1.165) is 22.3 Å². The Morgan fingerprint density at radius 3 is 2.68 bits per heavy atom. The summed E-state index contributed by atoms with van der Waals surface area (Å²) in [7, 11) is 1.36. The number of esters is 1. The molecule has 2 heterocycles. The third kappa shape index (κ3) is 3.25. The highest BCUT2D eigenvalue weighted by molar-refractivity contribution is 5.91. The molecule has 0 radical (unpaired) electrons. The monoisotopic (exact) mass is 254 g/mol. The van der Waals surface area contributed by atoms with E-state index in [-0.39, 0.29) is 5.97 Å². The van der Waals surface area contributed by atoms with Crippen molar-refractivity contribution >= 4 is 11.5 Å². The van der Waals surface area contributed by atoms with E-state index in [0.29, 0.717) is 0 Å². The van der Waals surface area contributed by atoms with Crippen LogP contribution in [0.2, 0.25) is 0 Å². The zero-order chi connectivity index (χ0) is 13.7. The van der Waals surface area contributed by atoms with Crippen LogP contribution in [-0.2, 0) is 9.53 Å². The van der Waals surface area contributed by atoms with Gasteiger partial charge in [0.05, 0.1) is 7.11 Å². The van der Waals surface area contributed by atoms with E-state index in [2.05, 4.69) is 14.7 Å². The third-order valence-corrected chi connectivity index (χ3v) is 2.72. The van der Waals surface area contributed by atoms with E-state index in [1.165, 1.54) is 13.2 Å². The summed E-state index contributed by atoms with van der Waals surface area (Å²) in [4.78, 5) is 19.5. The molecular weight excluding hydrogens is 240 g/mol. The number of carbonyl (C=O) groups excluding carboxylic acids is 1. The molecule has 2 aromatic rings. The number of aromatic nitrogens is 2. The first-order chi connectivity index (χ1) is 9.20. The molecule has 0 fully saturated rings. The van der Waals surface area contributed by atoms with E-state index in [1.807, 2.05) is 25.1 Å². The summed E-state index contributed by atoms with van der Waals surface area (Å²) in [5, 5.41) is 0. The molecule has 0 unspecified atom stereocenters. The van der Waals surface area contributed by atoms with Crippen LogP contribution in [-0.4, -0.2) is 23.0 Å². The van der Waals surface area contributed by atoms with Gasteiger partial charge in [0, 0.05) is 42.0 Å². The Balaban J connectivity index is 2.35.